The van der Waals surface area contributed by atoms with Gasteiger partial charge in [0.05, 0.1) is 18.3 Å². The highest BCUT2D eigenvalue weighted by Gasteiger charge is 2.66. The first-order chi connectivity index (χ1) is 11.0. The molecule has 2 heteroatoms. The summed E-state index contributed by atoms with van der Waals surface area (Å²) in [7, 11) is 0. The van der Waals surface area contributed by atoms with Crippen LogP contribution in [0.5, 0.6) is 0 Å². The lowest BCUT2D eigenvalue weighted by Crippen LogP contribution is -2.58. The van der Waals surface area contributed by atoms with Gasteiger partial charge in [-0.1, -0.05) is 32.1 Å². The minimum atomic E-state index is -0.230. The van der Waals surface area contributed by atoms with Crippen molar-refractivity contribution in [2.75, 3.05) is 6.61 Å². The second kappa shape index (κ2) is 4.52. The molecule has 5 rings (SSSR count). The quantitative estimate of drug-likeness (QED) is 0.724. The van der Waals surface area contributed by atoms with Crippen molar-refractivity contribution in [2.45, 2.75) is 70.5 Å². The Kier molecular flexibility index (Phi) is 2.89. The summed E-state index contributed by atoms with van der Waals surface area (Å²) in [6, 6.07) is 0. The predicted molar refractivity (Wildman–Crippen MR) is 90.9 cm³/mol. The molecule has 2 saturated carbocycles. The molecule has 0 aromatic heterocycles. The average Bonchev–Trinajstić information content (AvgIpc) is 2.81. The number of ether oxygens (including phenoxy) is 1. The number of allylic oxidation sites excluding steroid dienone is 3. The van der Waals surface area contributed by atoms with Crippen LogP contribution in [0.4, 0.5) is 0 Å². The van der Waals surface area contributed by atoms with Crippen LogP contribution in [0.2, 0.25) is 0 Å². The highest BCUT2D eigenvalue weighted by Crippen LogP contribution is 2.69. The third kappa shape index (κ3) is 1.67. The Morgan fingerprint density at radius 1 is 1.04 bits per heavy atom. The summed E-state index contributed by atoms with van der Waals surface area (Å²) in [6.45, 7) is 5.99. The summed E-state index contributed by atoms with van der Waals surface area (Å²) in [4.78, 5) is 0. The van der Waals surface area contributed by atoms with Crippen LogP contribution in [-0.2, 0) is 4.74 Å². The SMILES string of the molecule is C[C@]12CC[C@@H](O)C=C1C=C[C@H]1[C@H]3CC[C@@]4(CCO4)[C@@]3(C)CC[C@@H]12. The molecule has 0 radical (unpaired) electrons. The first-order valence-electron chi connectivity index (χ1n) is 9.71. The van der Waals surface area contributed by atoms with Crippen LogP contribution in [0.3, 0.4) is 0 Å². The van der Waals surface area contributed by atoms with E-state index in [1.54, 1.807) is 0 Å². The summed E-state index contributed by atoms with van der Waals surface area (Å²) in [5, 5.41) is 10.0. The fourth-order valence-corrected chi connectivity index (χ4v) is 7.23. The summed E-state index contributed by atoms with van der Waals surface area (Å²) in [5.74, 6) is 2.28. The van der Waals surface area contributed by atoms with Gasteiger partial charge in [-0.05, 0) is 67.3 Å². The van der Waals surface area contributed by atoms with Gasteiger partial charge in [-0.3, -0.25) is 0 Å². The minimum absolute atomic E-state index is 0.219. The van der Waals surface area contributed by atoms with Crippen molar-refractivity contribution in [3.8, 4) is 0 Å². The Hall–Kier alpha value is -0.600. The highest BCUT2D eigenvalue weighted by atomic mass is 16.5. The van der Waals surface area contributed by atoms with E-state index in [1.807, 2.05) is 0 Å². The van der Waals surface area contributed by atoms with Gasteiger partial charge in [-0.25, -0.2) is 0 Å². The van der Waals surface area contributed by atoms with Crippen LogP contribution < -0.4 is 0 Å². The highest BCUT2D eigenvalue weighted by molar-refractivity contribution is 5.36. The summed E-state index contributed by atoms with van der Waals surface area (Å²) in [6.07, 6.45) is 15.4. The minimum Gasteiger partial charge on any atom is -0.389 e. The maximum atomic E-state index is 10.0. The molecule has 4 aliphatic carbocycles. The molecule has 1 saturated heterocycles. The van der Waals surface area contributed by atoms with E-state index in [9.17, 15) is 5.11 Å². The van der Waals surface area contributed by atoms with Crippen LogP contribution in [0.1, 0.15) is 58.8 Å². The molecule has 7 atom stereocenters. The molecule has 0 amide bonds. The van der Waals surface area contributed by atoms with Gasteiger partial charge in [0.1, 0.15) is 0 Å². The molecule has 0 aromatic rings. The van der Waals surface area contributed by atoms with Gasteiger partial charge >= 0.3 is 0 Å². The van der Waals surface area contributed by atoms with E-state index in [2.05, 4.69) is 32.1 Å². The van der Waals surface area contributed by atoms with Crippen molar-refractivity contribution in [3.05, 3.63) is 23.8 Å². The normalized spacial score (nSPS) is 57.3. The third-order valence-corrected chi connectivity index (χ3v) is 8.81. The molecule has 3 fully saturated rings. The molecule has 2 nitrogen and oxygen atoms in total. The van der Waals surface area contributed by atoms with Crippen LogP contribution in [0.15, 0.2) is 23.8 Å². The van der Waals surface area contributed by atoms with Crippen molar-refractivity contribution in [3.63, 3.8) is 0 Å². The summed E-state index contributed by atoms with van der Waals surface area (Å²) in [5.41, 5.74) is 2.31. The Morgan fingerprint density at radius 2 is 1.83 bits per heavy atom. The number of aliphatic hydroxyl groups excluding tert-OH is 1. The maximum Gasteiger partial charge on any atom is 0.0760 e. The van der Waals surface area contributed by atoms with Gasteiger partial charge < -0.3 is 9.84 Å². The van der Waals surface area contributed by atoms with E-state index in [0.29, 0.717) is 5.41 Å². The zero-order valence-corrected chi connectivity index (χ0v) is 14.6. The number of rotatable bonds is 0. The second-order valence-corrected chi connectivity index (χ2v) is 9.38. The zero-order valence-electron chi connectivity index (χ0n) is 14.6. The van der Waals surface area contributed by atoms with E-state index in [-0.39, 0.29) is 17.1 Å². The lowest BCUT2D eigenvalue weighted by atomic mass is 9.47. The molecular weight excluding hydrogens is 284 g/mol. The molecular formula is C21H30O2. The van der Waals surface area contributed by atoms with Gasteiger partial charge in [0, 0.05) is 11.8 Å². The topological polar surface area (TPSA) is 29.5 Å². The molecule has 0 aromatic carbocycles. The first-order valence-corrected chi connectivity index (χ1v) is 9.71. The van der Waals surface area contributed by atoms with Crippen molar-refractivity contribution in [1.29, 1.82) is 0 Å². The summed E-state index contributed by atoms with van der Waals surface area (Å²) >= 11 is 0. The largest absolute Gasteiger partial charge is 0.389 e. The van der Waals surface area contributed by atoms with Crippen LogP contribution in [-0.4, -0.2) is 23.4 Å². The molecule has 0 bridgehead atoms. The number of fused-ring (bicyclic) bond motifs is 6. The Labute approximate surface area is 140 Å². The van der Waals surface area contributed by atoms with Gasteiger partial charge in [0.15, 0.2) is 0 Å². The molecule has 0 unspecified atom stereocenters. The molecule has 23 heavy (non-hydrogen) atoms. The third-order valence-electron chi connectivity index (χ3n) is 8.81. The predicted octanol–water partition coefficient (Wildman–Crippen LogP) is 4.25. The number of hydrogen-bond acceptors (Lipinski definition) is 2. The molecule has 1 spiro atoms. The van der Waals surface area contributed by atoms with Gasteiger partial charge in [-0.2, -0.15) is 0 Å². The van der Waals surface area contributed by atoms with Crippen molar-refractivity contribution in [1.82, 2.24) is 0 Å². The fourth-order valence-electron chi connectivity index (χ4n) is 7.23. The van der Waals surface area contributed by atoms with E-state index in [1.165, 1.54) is 37.7 Å². The maximum absolute atomic E-state index is 10.0. The second-order valence-electron chi connectivity index (χ2n) is 9.38. The molecule has 5 aliphatic rings. The number of aliphatic hydroxyl groups is 1. The van der Waals surface area contributed by atoms with E-state index in [0.717, 1.165) is 37.2 Å². The molecule has 1 N–H and O–H groups in total. The van der Waals surface area contributed by atoms with Crippen LogP contribution in [0, 0.1) is 28.6 Å². The Morgan fingerprint density at radius 3 is 2.57 bits per heavy atom. The van der Waals surface area contributed by atoms with Crippen molar-refractivity contribution in [2.24, 2.45) is 28.6 Å². The van der Waals surface area contributed by atoms with Gasteiger partial charge in [0.2, 0.25) is 0 Å². The molecule has 1 heterocycles. The Balaban J connectivity index is 1.54. The zero-order chi connectivity index (χ0) is 15.9. The van der Waals surface area contributed by atoms with Gasteiger partial charge in [-0.15, -0.1) is 0 Å². The van der Waals surface area contributed by atoms with E-state index < -0.39 is 0 Å². The lowest BCUT2D eigenvalue weighted by Gasteiger charge is -2.60. The summed E-state index contributed by atoms with van der Waals surface area (Å²) < 4.78 is 6.21. The fraction of sp³-hybridized carbons (Fsp3) is 0.810. The smallest absolute Gasteiger partial charge is 0.0760 e. The standard InChI is InChI=1S/C21H30O2/c1-19-8-5-15(22)13-14(19)3-4-16-17(19)6-9-20(2)18(16)7-10-21(20)11-12-23-21/h3-4,13,15-18,22H,5-12H2,1-2H3/t15-,16-,17+,18-,19+,20+,21-/m1/s1. The van der Waals surface area contributed by atoms with E-state index in [4.69, 9.17) is 4.74 Å². The van der Waals surface area contributed by atoms with Crippen molar-refractivity contribution >= 4 is 0 Å². The van der Waals surface area contributed by atoms with Gasteiger partial charge in [0.25, 0.3) is 0 Å². The first kappa shape index (κ1) is 14.7. The lowest BCUT2D eigenvalue weighted by molar-refractivity contribution is -0.223. The molecule has 126 valence electrons. The molecule has 1 aliphatic heterocycles. The average molecular weight is 314 g/mol. The van der Waals surface area contributed by atoms with E-state index >= 15 is 0 Å². The Bertz CT molecular complexity index is 587. The van der Waals surface area contributed by atoms with Crippen LogP contribution in [0.25, 0.3) is 0 Å². The monoisotopic (exact) mass is 314 g/mol. The van der Waals surface area contributed by atoms with Crippen LogP contribution >= 0.6 is 0 Å². The number of hydrogen-bond donors (Lipinski definition) is 1. The van der Waals surface area contributed by atoms with Crippen molar-refractivity contribution < 1.29 is 9.84 Å².